The first-order chi connectivity index (χ1) is 13.3. The van der Waals surface area contributed by atoms with Crippen LogP contribution in [0.4, 0.5) is 0 Å². The number of aromatic nitrogens is 1. The van der Waals surface area contributed by atoms with Crippen molar-refractivity contribution in [3.8, 4) is 11.5 Å². The number of rotatable bonds is 5. The van der Waals surface area contributed by atoms with Crippen LogP contribution in [0.25, 0.3) is 10.9 Å². The number of nitrogens with zero attached hydrogens (tertiary/aromatic N) is 1. The highest BCUT2D eigenvalue weighted by molar-refractivity contribution is 5.97. The lowest BCUT2D eigenvalue weighted by atomic mass is 10.1. The summed E-state index contributed by atoms with van der Waals surface area (Å²) in [6, 6.07) is 26.7. The van der Waals surface area contributed by atoms with E-state index in [1.807, 2.05) is 78.9 Å². The second-order valence-electron chi connectivity index (χ2n) is 6.16. The zero-order valence-electron chi connectivity index (χ0n) is 14.6. The Balaban J connectivity index is 1.43. The quantitative estimate of drug-likeness (QED) is 0.551. The van der Waals surface area contributed by atoms with E-state index in [0.717, 1.165) is 28.0 Å². The van der Waals surface area contributed by atoms with Crippen LogP contribution in [-0.2, 0) is 6.54 Å². The number of carbonyl (C=O) groups is 1. The molecule has 132 valence electrons. The molecule has 1 heterocycles. The van der Waals surface area contributed by atoms with Crippen molar-refractivity contribution in [2.75, 3.05) is 0 Å². The third kappa shape index (κ3) is 4.12. The molecule has 0 saturated heterocycles. The molecule has 0 aliphatic rings. The summed E-state index contributed by atoms with van der Waals surface area (Å²) in [7, 11) is 0. The van der Waals surface area contributed by atoms with Crippen LogP contribution >= 0.6 is 0 Å². The molecule has 4 nitrogen and oxygen atoms in total. The number of hydrogen-bond donors (Lipinski definition) is 1. The molecule has 1 N–H and O–H groups in total. The van der Waals surface area contributed by atoms with E-state index in [-0.39, 0.29) is 5.91 Å². The van der Waals surface area contributed by atoms with Crippen molar-refractivity contribution in [3.63, 3.8) is 0 Å². The molecule has 0 aliphatic carbocycles. The Bertz CT molecular complexity index is 1080. The molecular weight excluding hydrogens is 336 g/mol. The lowest BCUT2D eigenvalue weighted by Crippen LogP contribution is -2.22. The molecule has 0 saturated carbocycles. The topological polar surface area (TPSA) is 51.2 Å². The van der Waals surface area contributed by atoms with Crippen LogP contribution in [0.5, 0.6) is 11.5 Å². The zero-order valence-corrected chi connectivity index (χ0v) is 14.6. The van der Waals surface area contributed by atoms with E-state index < -0.39 is 0 Å². The first kappa shape index (κ1) is 16.8. The van der Waals surface area contributed by atoms with Gasteiger partial charge in [0, 0.05) is 23.7 Å². The van der Waals surface area contributed by atoms with Crippen molar-refractivity contribution in [2.45, 2.75) is 6.54 Å². The first-order valence-corrected chi connectivity index (χ1v) is 8.73. The SMILES string of the molecule is O=C(NCc1cccc(Oc2ccccc2)c1)c1ccc2cccnc2c1. The minimum absolute atomic E-state index is 0.128. The van der Waals surface area contributed by atoms with Gasteiger partial charge in [0.15, 0.2) is 0 Å². The molecule has 4 aromatic rings. The van der Waals surface area contributed by atoms with Crippen molar-refractivity contribution >= 4 is 16.8 Å². The van der Waals surface area contributed by atoms with E-state index >= 15 is 0 Å². The largest absolute Gasteiger partial charge is 0.457 e. The van der Waals surface area contributed by atoms with E-state index in [0.29, 0.717) is 12.1 Å². The van der Waals surface area contributed by atoms with Crippen LogP contribution in [0.1, 0.15) is 15.9 Å². The maximum Gasteiger partial charge on any atom is 0.251 e. The lowest BCUT2D eigenvalue weighted by molar-refractivity contribution is 0.0951. The molecule has 27 heavy (non-hydrogen) atoms. The van der Waals surface area contributed by atoms with Gasteiger partial charge >= 0.3 is 0 Å². The zero-order chi connectivity index (χ0) is 18.5. The predicted octanol–water partition coefficient (Wildman–Crippen LogP) is 4.96. The molecule has 0 atom stereocenters. The average Bonchev–Trinajstić information content (AvgIpc) is 2.73. The van der Waals surface area contributed by atoms with Gasteiger partial charge in [0.05, 0.1) is 5.52 Å². The van der Waals surface area contributed by atoms with Crippen LogP contribution in [0.3, 0.4) is 0 Å². The number of carbonyl (C=O) groups excluding carboxylic acids is 1. The third-order valence-electron chi connectivity index (χ3n) is 4.20. The normalized spacial score (nSPS) is 10.5. The Kier molecular flexibility index (Phi) is 4.79. The van der Waals surface area contributed by atoms with Gasteiger partial charge in [-0.2, -0.15) is 0 Å². The van der Waals surface area contributed by atoms with Gasteiger partial charge in [0.1, 0.15) is 11.5 Å². The molecule has 1 aromatic heterocycles. The van der Waals surface area contributed by atoms with Crippen molar-refractivity contribution in [3.05, 3.63) is 102 Å². The van der Waals surface area contributed by atoms with Crippen molar-refractivity contribution in [2.24, 2.45) is 0 Å². The molecule has 0 unspecified atom stereocenters. The van der Waals surface area contributed by atoms with E-state index in [2.05, 4.69) is 10.3 Å². The summed E-state index contributed by atoms with van der Waals surface area (Å²) >= 11 is 0. The molecule has 0 fully saturated rings. The Morgan fingerprint density at radius 3 is 2.59 bits per heavy atom. The fourth-order valence-corrected chi connectivity index (χ4v) is 2.84. The van der Waals surface area contributed by atoms with Gasteiger partial charge in [-0.3, -0.25) is 9.78 Å². The highest BCUT2D eigenvalue weighted by Crippen LogP contribution is 2.22. The summed E-state index contributed by atoms with van der Waals surface area (Å²) in [5.74, 6) is 1.39. The van der Waals surface area contributed by atoms with E-state index in [1.54, 1.807) is 12.3 Å². The van der Waals surface area contributed by atoms with Gasteiger partial charge in [0.2, 0.25) is 0 Å². The predicted molar refractivity (Wildman–Crippen MR) is 106 cm³/mol. The van der Waals surface area contributed by atoms with Crippen molar-refractivity contribution < 1.29 is 9.53 Å². The van der Waals surface area contributed by atoms with Crippen LogP contribution in [0.2, 0.25) is 0 Å². The standard InChI is InChI=1S/C23H18N2O2/c26-23(19-12-11-18-7-5-13-24-22(18)15-19)25-16-17-6-4-10-21(14-17)27-20-8-2-1-3-9-20/h1-15H,16H2,(H,25,26). The highest BCUT2D eigenvalue weighted by Gasteiger charge is 2.07. The van der Waals surface area contributed by atoms with Crippen molar-refractivity contribution in [1.82, 2.24) is 10.3 Å². The molecule has 0 bridgehead atoms. The average molecular weight is 354 g/mol. The second kappa shape index (κ2) is 7.70. The summed E-state index contributed by atoms with van der Waals surface area (Å²) in [6.07, 6.45) is 1.72. The van der Waals surface area contributed by atoms with E-state index in [1.165, 1.54) is 0 Å². The number of ether oxygens (including phenoxy) is 1. The van der Waals surface area contributed by atoms with Gasteiger partial charge in [-0.15, -0.1) is 0 Å². The van der Waals surface area contributed by atoms with Gasteiger partial charge in [-0.25, -0.2) is 0 Å². The minimum Gasteiger partial charge on any atom is -0.457 e. The molecular formula is C23H18N2O2. The number of para-hydroxylation sites is 1. The first-order valence-electron chi connectivity index (χ1n) is 8.73. The summed E-state index contributed by atoms with van der Waals surface area (Å²) in [5, 5.41) is 3.96. The van der Waals surface area contributed by atoms with Crippen LogP contribution in [0, 0.1) is 0 Å². The van der Waals surface area contributed by atoms with Gasteiger partial charge in [-0.05, 0) is 48.0 Å². The maximum absolute atomic E-state index is 12.5. The number of fused-ring (bicyclic) bond motifs is 1. The van der Waals surface area contributed by atoms with Gasteiger partial charge in [-0.1, -0.05) is 42.5 Å². The lowest BCUT2D eigenvalue weighted by Gasteiger charge is -2.09. The summed E-state index contributed by atoms with van der Waals surface area (Å²) in [5.41, 5.74) is 2.37. The number of amides is 1. The fourth-order valence-electron chi connectivity index (χ4n) is 2.84. The second-order valence-corrected chi connectivity index (χ2v) is 6.16. The van der Waals surface area contributed by atoms with Crippen molar-refractivity contribution in [1.29, 1.82) is 0 Å². The van der Waals surface area contributed by atoms with Gasteiger partial charge in [0.25, 0.3) is 5.91 Å². The monoisotopic (exact) mass is 354 g/mol. The summed E-state index contributed by atoms with van der Waals surface area (Å²) in [6.45, 7) is 0.422. The molecule has 3 aromatic carbocycles. The fraction of sp³-hybridized carbons (Fsp3) is 0.0435. The molecule has 1 amide bonds. The molecule has 0 spiro atoms. The number of nitrogens with one attached hydrogen (secondary N) is 1. The van der Waals surface area contributed by atoms with Gasteiger partial charge < -0.3 is 10.1 Å². The number of pyridine rings is 1. The van der Waals surface area contributed by atoms with Crippen LogP contribution in [-0.4, -0.2) is 10.9 Å². The molecule has 0 radical (unpaired) electrons. The minimum atomic E-state index is -0.128. The Morgan fingerprint density at radius 1 is 0.852 bits per heavy atom. The highest BCUT2D eigenvalue weighted by atomic mass is 16.5. The summed E-state index contributed by atoms with van der Waals surface area (Å²) in [4.78, 5) is 16.8. The molecule has 4 heteroatoms. The van der Waals surface area contributed by atoms with Crippen LogP contribution in [0.15, 0.2) is 91.1 Å². The molecule has 0 aliphatic heterocycles. The smallest absolute Gasteiger partial charge is 0.251 e. The number of benzene rings is 3. The summed E-state index contributed by atoms with van der Waals surface area (Å²) < 4.78 is 5.84. The Hall–Kier alpha value is -3.66. The van der Waals surface area contributed by atoms with E-state index in [9.17, 15) is 4.79 Å². The molecule has 4 rings (SSSR count). The number of hydrogen-bond acceptors (Lipinski definition) is 3. The van der Waals surface area contributed by atoms with Crippen LogP contribution < -0.4 is 10.1 Å². The third-order valence-corrected chi connectivity index (χ3v) is 4.20. The van der Waals surface area contributed by atoms with E-state index in [4.69, 9.17) is 4.74 Å². The Morgan fingerprint density at radius 2 is 1.70 bits per heavy atom. The maximum atomic E-state index is 12.5. The Labute approximate surface area is 157 Å².